The van der Waals surface area contributed by atoms with Gasteiger partial charge in [-0.15, -0.1) is 0 Å². The lowest BCUT2D eigenvalue weighted by atomic mass is 9.32. The SMILES string of the molecule is C[C@H]1O[C@@H](O[C@H]2CC[C@@]3(C)[C@@H](CC[C@]4(C)[C@@H]3C=CC35OC[C@@]6(CCC(C)(C)C[C@@H]36)[C@@H](O)C[C@]54C)[C@]2(C)CO)[C@H](O[C@@H]2O[C@H](CO)[C@H](O)[C@H](O)[C@H]2O)[C@@H](O[C@@H]2O[C@H](CO)[C@H](OS(=O)(=O)O)[C@H](O)[C@H]2O)[C@H]1O. The highest BCUT2D eigenvalue weighted by molar-refractivity contribution is 7.80. The smallest absolute Gasteiger partial charge is 0.396 e. The van der Waals surface area contributed by atoms with Crippen LogP contribution in [-0.2, 0) is 47.7 Å². The zero-order valence-corrected chi connectivity index (χ0v) is 41.9. The summed E-state index contributed by atoms with van der Waals surface area (Å²) < 4.78 is 81.3. The third-order valence-corrected chi connectivity index (χ3v) is 20.7. The number of ether oxygens (including phenoxy) is 7. The first-order valence-corrected chi connectivity index (χ1v) is 26.5. The highest BCUT2D eigenvalue weighted by Crippen LogP contribution is 2.79. The molecule has 402 valence electrons. The van der Waals surface area contributed by atoms with Gasteiger partial charge in [-0.05, 0) is 86.4 Å². The first-order valence-electron chi connectivity index (χ1n) is 25.1. The van der Waals surface area contributed by atoms with Crippen LogP contribution in [0.1, 0.15) is 99.8 Å². The predicted molar refractivity (Wildman–Crippen MR) is 240 cm³/mol. The molecule has 21 nitrogen and oxygen atoms in total. The van der Waals surface area contributed by atoms with E-state index in [0.29, 0.717) is 32.3 Å². The third kappa shape index (κ3) is 7.98. The quantitative estimate of drug-likeness (QED) is 0.0701. The van der Waals surface area contributed by atoms with Gasteiger partial charge in [-0.2, -0.15) is 8.42 Å². The van der Waals surface area contributed by atoms with E-state index in [4.69, 9.17) is 33.2 Å². The molecule has 11 N–H and O–H groups in total. The monoisotopic (exact) mass is 1020 g/mol. The molecule has 26 atom stereocenters. The Morgan fingerprint density at radius 3 is 1.94 bits per heavy atom. The van der Waals surface area contributed by atoms with Gasteiger partial charge in [0.25, 0.3) is 0 Å². The third-order valence-electron chi connectivity index (χ3n) is 20.2. The summed E-state index contributed by atoms with van der Waals surface area (Å²) in [6.07, 6.45) is -17.1. The maximum Gasteiger partial charge on any atom is 0.397 e. The molecule has 1 unspecified atom stereocenters. The highest BCUT2D eigenvalue weighted by atomic mass is 32.3. The van der Waals surface area contributed by atoms with E-state index in [9.17, 15) is 64.0 Å². The minimum Gasteiger partial charge on any atom is -0.396 e. The number of aliphatic hydroxyl groups excluding tert-OH is 10. The predicted octanol–water partition coefficient (Wildman–Crippen LogP) is -0.572. The van der Waals surface area contributed by atoms with Gasteiger partial charge in [0.05, 0.1) is 50.3 Å². The molecular formula is C48H78O21S. The summed E-state index contributed by atoms with van der Waals surface area (Å²) >= 11 is 0. The van der Waals surface area contributed by atoms with Crippen LogP contribution in [0, 0.1) is 50.2 Å². The zero-order valence-electron chi connectivity index (χ0n) is 41.1. The van der Waals surface area contributed by atoms with E-state index in [1.54, 1.807) is 0 Å². The fourth-order valence-corrected chi connectivity index (χ4v) is 16.5. The molecule has 0 radical (unpaired) electrons. The first-order chi connectivity index (χ1) is 32.6. The van der Waals surface area contributed by atoms with Crippen LogP contribution in [0.15, 0.2) is 12.2 Å². The number of hydrogen-bond acceptors (Lipinski definition) is 20. The molecule has 9 aliphatic rings. The summed E-state index contributed by atoms with van der Waals surface area (Å²) in [7, 11) is -5.23. The largest absolute Gasteiger partial charge is 0.397 e. The number of hydrogen-bond donors (Lipinski definition) is 11. The maximum atomic E-state index is 12.3. The van der Waals surface area contributed by atoms with Gasteiger partial charge < -0.3 is 84.2 Å². The van der Waals surface area contributed by atoms with Gasteiger partial charge in [0.2, 0.25) is 0 Å². The molecule has 70 heavy (non-hydrogen) atoms. The van der Waals surface area contributed by atoms with Gasteiger partial charge in [-0.1, -0.05) is 53.7 Å². The summed E-state index contributed by atoms with van der Waals surface area (Å²) in [5.41, 5.74) is -2.79. The van der Waals surface area contributed by atoms with Crippen LogP contribution >= 0.6 is 0 Å². The van der Waals surface area contributed by atoms with E-state index in [-0.39, 0.29) is 46.0 Å². The van der Waals surface area contributed by atoms with E-state index in [0.717, 1.165) is 25.7 Å². The molecule has 4 aliphatic heterocycles. The molecule has 22 heteroatoms. The second-order valence-corrected chi connectivity index (χ2v) is 25.3. The van der Waals surface area contributed by atoms with Gasteiger partial charge in [-0.25, -0.2) is 4.18 Å². The van der Waals surface area contributed by atoms with Crippen LogP contribution in [0.4, 0.5) is 0 Å². The molecular weight excluding hydrogens is 945 g/mol. The van der Waals surface area contributed by atoms with Crippen molar-refractivity contribution in [2.45, 2.75) is 210 Å². The van der Waals surface area contributed by atoms with Crippen LogP contribution in [0.5, 0.6) is 0 Å². The van der Waals surface area contributed by atoms with Crippen molar-refractivity contribution in [3.63, 3.8) is 0 Å². The van der Waals surface area contributed by atoms with Crippen molar-refractivity contribution >= 4 is 10.4 Å². The van der Waals surface area contributed by atoms with E-state index in [2.05, 4.69) is 51.0 Å². The number of fused-ring (bicyclic) bond motifs is 4. The van der Waals surface area contributed by atoms with Crippen LogP contribution in [0.25, 0.3) is 0 Å². The number of rotatable bonds is 11. The molecule has 0 aromatic heterocycles. The van der Waals surface area contributed by atoms with Crippen LogP contribution in [-0.4, -0.2) is 200 Å². The molecule has 0 aromatic rings. The van der Waals surface area contributed by atoms with Crippen molar-refractivity contribution in [1.29, 1.82) is 0 Å². The standard InChI is InChI=1S/C48H78O21S/c1-22-30(53)37(67-40-35(58)33(56)36(24(19-50)65-40)69-70(59,60)61)38(68-39-34(57)32(55)31(54)23(18-49)64-39)41(63-22)66-29-10-11-43(4)25(44(29,5)20-51)8-12-45(6)26(43)9-13-48-27-16-42(2,3)14-15-47(27,21-62-48)28(52)17-46(45,48)7/h9,13,22-41,49-58H,8,10-12,14-21H2,1-7H3,(H,59,60,61)/t22-,23-,24-,25-,26-,27-,28+,29+,30+,31+,32+,33-,34-,35-,36+,37+,38-,39+,40+,41+,43+,44+,45-,46+,47-,48?/m1/s1. The van der Waals surface area contributed by atoms with Crippen LogP contribution in [0.3, 0.4) is 0 Å². The average Bonchev–Trinajstić information content (AvgIpc) is 3.57. The summed E-state index contributed by atoms with van der Waals surface area (Å²) in [4.78, 5) is 0. The Balaban J connectivity index is 1.03. The molecule has 0 aromatic carbocycles. The summed E-state index contributed by atoms with van der Waals surface area (Å²) in [6.45, 7) is 13.5. The van der Waals surface area contributed by atoms with Crippen molar-refractivity contribution in [1.82, 2.24) is 0 Å². The van der Waals surface area contributed by atoms with Crippen molar-refractivity contribution < 1.29 is 101 Å². The molecule has 2 bridgehead atoms. The van der Waals surface area contributed by atoms with Crippen molar-refractivity contribution in [3.05, 3.63) is 12.2 Å². The van der Waals surface area contributed by atoms with E-state index in [1.807, 2.05) is 6.92 Å². The summed E-state index contributed by atoms with van der Waals surface area (Å²) in [5, 5.41) is 111. The van der Waals surface area contributed by atoms with Gasteiger partial charge in [0.15, 0.2) is 18.9 Å². The van der Waals surface area contributed by atoms with Gasteiger partial charge in [-0.3, -0.25) is 4.55 Å². The van der Waals surface area contributed by atoms with E-state index < -0.39 is 144 Å². The minimum atomic E-state index is -5.23. The topological polar surface area (TPSA) is 331 Å². The molecule has 9 rings (SSSR count). The second kappa shape index (κ2) is 18.3. The van der Waals surface area contributed by atoms with Crippen molar-refractivity contribution in [2.24, 2.45) is 50.2 Å². The Morgan fingerprint density at radius 1 is 0.657 bits per heavy atom. The fraction of sp³-hybridized carbons (Fsp3) is 0.958. The lowest BCUT2D eigenvalue weighted by Crippen LogP contribution is -2.72. The molecule has 1 spiro atoms. The van der Waals surface area contributed by atoms with Gasteiger partial charge in [0.1, 0.15) is 67.1 Å². The second-order valence-electron chi connectivity index (χ2n) is 24.3. The average molecular weight is 1020 g/mol. The first kappa shape index (κ1) is 53.7. The van der Waals surface area contributed by atoms with Crippen molar-refractivity contribution in [3.8, 4) is 0 Å². The Morgan fingerprint density at radius 2 is 1.30 bits per heavy atom. The van der Waals surface area contributed by atoms with Crippen molar-refractivity contribution in [2.75, 3.05) is 26.4 Å². The van der Waals surface area contributed by atoms with Crippen LogP contribution < -0.4 is 0 Å². The Bertz CT molecular complexity index is 2060. The van der Waals surface area contributed by atoms with E-state index >= 15 is 0 Å². The molecule has 8 fully saturated rings. The lowest BCUT2D eigenvalue weighted by molar-refractivity contribution is -0.397. The maximum absolute atomic E-state index is 12.3. The Hall–Kier alpha value is -1.07. The lowest BCUT2D eigenvalue weighted by Gasteiger charge is -2.73. The normalized spacial score (nSPS) is 56.3. The minimum absolute atomic E-state index is 0.0188. The Labute approximate surface area is 409 Å². The summed E-state index contributed by atoms with van der Waals surface area (Å²) in [6, 6.07) is 0. The van der Waals surface area contributed by atoms with Gasteiger partial charge in [0, 0.05) is 22.2 Å². The van der Waals surface area contributed by atoms with E-state index in [1.165, 1.54) is 6.92 Å². The number of allylic oxidation sites excluding steroid dienone is 1. The highest BCUT2D eigenvalue weighted by Gasteiger charge is 2.79. The molecule has 5 aliphatic carbocycles. The Kier molecular flexibility index (Phi) is 14.1. The fourth-order valence-electron chi connectivity index (χ4n) is 16.0. The number of aliphatic hydroxyl groups is 10. The molecule has 4 heterocycles. The zero-order chi connectivity index (χ0) is 51.1. The molecule has 4 saturated heterocycles. The van der Waals surface area contributed by atoms with Gasteiger partial charge >= 0.3 is 10.4 Å². The summed E-state index contributed by atoms with van der Waals surface area (Å²) in [5.74, 6) is 0.0422. The molecule has 0 amide bonds. The van der Waals surface area contributed by atoms with Crippen LogP contribution in [0.2, 0.25) is 0 Å². The molecule has 4 saturated carbocycles.